The molecular weight excluding hydrogens is 224 g/mol. The maximum absolute atomic E-state index is 12.1. The third-order valence-corrected chi connectivity index (χ3v) is 3.83. The Morgan fingerprint density at radius 1 is 1.28 bits per heavy atom. The Bertz CT molecular complexity index is 440. The molecule has 0 unspecified atom stereocenters. The van der Waals surface area contributed by atoms with Gasteiger partial charge in [0.15, 0.2) is 0 Å². The molecule has 1 aliphatic heterocycles. The highest BCUT2D eigenvalue weighted by molar-refractivity contribution is 5.76. The van der Waals surface area contributed by atoms with Crippen LogP contribution in [0.3, 0.4) is 0 Å². The highest BCUT2D eigenvalue weighted by Crippen LogP contribution is 2.20. The third-order valence-electron chi connectivity index (χ3n) is 3.83. The molecule has 2 aliphatic rings. The van der Waals surface area contributed by atoms with Gasteiger partial charge in [0.2, 0.25) is 5.91 Å². The molecule has 1 aromatic carbocycles. The van der Waals surface area contributed by atoms with E-state index in [9.17, 15) is 4.79 Å². The normalized spacial score (nSPS) is 18.6. The lowest BCUT2D eigenvalue weighted by Gasteiger charge is -2.29. The van der Waals surface area contributed by atoms with E-state index in [0.717, 1.165) is 26.1 Å². The summed E-state index contributed by atoms with van der Waals surface area (Å²) >= 11 is 0. The second-order valence-corrected chi connectivity index (χ2v) is 5.31. The summed E-state index contributed by atoms with van der Waals surface area (Å²) in [5.41, 5.74) is 2.71. The van der Waals surface area contributed by atoms with Crippen molar-refractivity contribution < 1.29 is 4.79 Å². The zero-order chi connectivity index (χ0) is 12.4. The first kappa shape index (κ1) is 11.7. The van der Waals surface area contributed by atoms with Gasteiger partial charge >= 0.3 is 0 Å². The molecule has 1 amide bonds. The minimum absolute atomic E-state index is 0.289. The highest BCUT2D eigenvalue weighted by atomic mass is 16.2. The number of hydrogen-bond donors (Lipinski definition) is 1. The van der Waals surface area contributed by atoms with Crippen molar-refractivity contribution in [2.45, 2.75) is 38.3 Å². The number of carbonyl (C=O) groups excluding carboxylic acids is 1. The van der Waals surface area contributed by atoms with Crippen molar-refractivity contribution in [3.63, 3.8) is 0 Å². The van der Waals surface area contributed by atoms with Crippen LogP contribution in [0.1, 0.15) is 30.4 Å². The standard InChI is InChI=1S/C15H20N2O/c18-15(7-9-16-14-5-6-14)17-10-8-12-3-1-2-4-13(12)11-17/h1-4,14,16H,5-11H2. The summed E-state index contributed by atoms with van der Waals surface area (Å²) in [5, 5.41) is 3.40. The molecule has 0 saturated heterocycles. The number of carbonyl (C=O) groups is 1. The van der Waals surface area contributed by atoms with Crippen LogP contribution in [0.25, 0.3) is 0 Å². The van der Waals surface area contributed by atoms with Gasteiger partial charge in [0, 0.05) is 32.1 Å². The lowest BCUT2D eigenvalue weighted by molar-refractivity contribution is -0.132. The zero-order valence-corrected chi connectivity index (χ0v) is 10.7. The lowest BCUT2D eigenvalue weighted by atomic mass is 10.00. The SMILES string of the molecule is O=C(CCNC1CC1)N1CCc2ccccc2C1. The molecule has 3 nitrogen and oxygen atoms in total. The van der Waals surface area contributed by atoms with E-state index in [-0.39, 0.29) is 5.91 Å². The number of benzene rings is 1. The summed E-state index contributed by atoms with van der Waals surface area (Å²) in [5.74, 6) is 0.289. The first-order chi connectivity index (χ1) is 8.83. The average molecular weight is 244 g/mol. The molecule has 1 aliphatic carbocycles. The van der Waals surface area contributed by atoms with Gasteiger partial charge in [-0.15, -0.1) is 0 Å². The number of nitrogens with one attached hydrogen (secondary N) is 1. The largest absolute Gasteiger partial charge is 0.338 e. The maximum Gasteiger partial charge on any atom is 0.224 e. The van der Waals surface area contributed by atoms with Crippen LogP contribution >= 0.6 is 0 Å². The Labute approximate surface area is 108 Å². The van der Waals surface area contributed by atoms with Crippen molar-refractivity contribution in [1.29, 1.82) is 0 Å². The van der Waals surface area contributed by atoms with Gasteiger partial charge in [0.1, 0.15) is 0 Å². The van der Waals surface area contributed by atoms with Crippen LogP contribution in [0, 0.1) is 0 Å². The molecule has 1 saturated carbocycles. The van der Waals surface area contributed by atoms with E-state index in [1.807, 2.05) is 4.90 Å². The minimum Gasteiger partial charge on any atom is -0.338 e. The zero-order valence-electron chi connectivity index (χ0n) is 10.7. The van der Waals surface area contributed by atoms with Crippen molar-refractivity contribution in [2.75, 3.05) is 13.1 Å². The van der Waals surface area contributed by atoms with Crippen LogP contribution in [0.2, 0.25) is 0 Å². The van der Waals surface area contributed by atoms with Crippen LogP contribution < -0.4 is 5.32 Å². The second-order valence-electron chi connectivity index (χ2n) is 5.31. The summed E-state index contributed by atoms with van der Waals surface area (Å²) < 4.78 is 0. The van der Waals surface area contributed by atoms with E-state index >= 15 is 0 Å². The fraction of sp³-hybridized carbons (Fsp3) is 0.533. The fourth-order valence-electron chi connectivity index (χ4n) is 2.54. The number of amides is 1. The van der Waals surface area contributed by atoms with E-state index < -0.39 is 0 Å². The van der Waals surface area contributed by atoms with Crippen LogP contribution in [-0.4, -0.2) is 29.9 Å². The van der Waals surface area contributed by atoms with Crippen molar-refractivity contribution in [1.82, 2.24) is 10.2 Å². The molecular formula is C15H20N2O. The van der Waals surface area contributed by atoms with Crippen LogP contribution in [0.15, 0.2) is 24.3 Å². The summed E-state index contributed by atoms with van der Waals surface area (Å²) in [7, 11) is 0. The van der Waals surface area contributed by atoms with Crippen molar-refractivity contribution >= 4 is 5.91 Å². The van der Waals surface area contributed by atoms with Gasteiger partial charge in [-0.1, -0.05) is 24.3 Å². The average Bonchev–Trinajstić information content (AvgIpc) is 3.22. The predicted octanol–water partition coefficient (Wildman–Crippen LogP) is 1.71. The number of hydrogen-bond acceptors (Lipinski definition) is 2. The molecule has 0 aromatic heterocycles. The van der Waals surface area contributed by atoms with Crippen molar-refractivity contribution in [3.05, 3.63) is 35.4 Å². The molecule has 0 radical (unpaired) electrons. The topological polar surface area (TPSA) is 32.3 Å². The highest BCUT2D eigenvalue weighted by Gasteiger charge is 2.22. The second kappa shape index (κ2) is 5.11. The monoisotopic (exact) mass is 244 g/mol. The van der Waals surface area contributed by atoms with E-state index in [1.165, 1.54) is 24.0 Å². The molecule has 3 heteroatoms. The van der Waals surface area contributed by atoms with Gasteiger partial charge in [-0.05, 0) is 30.4 Å². The molecule has 18 heavy (non-hydrogen) atoms. The van der Waals surface area contributed by atoms with Gasteiger partial charge in [-0.3, -0.25) is 4.79 Å². The summed E-state index contributed by atoms with van der Waals surface area (Å²) in [6.07, 6.45) is 4.20. The van der Waals surface area contributed by atoms with E-state index in [2.05, 4.69) is 29.6 Å². The molecule has 1 heterocycles. The van der Waals surface area contributed by atoms with Gasteiger partial charge in [0.05, 0.1) is 0 Å². The Balaban J connectivity index is 1.52. The lowest BCUT2D eigenvalue weighted by Crippen LogP contribution is -2.37. The molecule has 1 fully saturated rings. The molecule has 1 N–H and O–H groups in total. The first-order valence-electron chi connectivity index (χ1n) is 6.91. The molecule has 0 bridgehead atoms. The van der Waals surface area contributed by atoms with Crippen LogP contribution in [0.5, 0.6) is 0 Å². The maximum atomic E-state index is 12.1. The number of nitrogens with zero attached hydrogens (tertiary/aromatic N) is 1. The summed E-state index contributed by atoms with van der Waals surface area (Å²) in [6.45, 7) is 2.50. The molecule has 3 rings (SSSR count). The van der Waals surface area contributed by atoms with Crippen molar-refractivity contribution in [3.8, 4) is 0 Å². The summed E-state index contributed by atoms with van der Waals surface area (Å²) in [4.78, 5) is 14.1. The molecule has 1 aromatic rings. The smallest absolute Gasteiger partial charge is 0.224 e. The number of fused-ring (bicyclic) bond motifs is 1. The molecule has 0 atom stereocenters. The Hall–Kier alpha value is -1.35. The van der Waals surface area contributed by atoms with Crippen LogP contribution in [-0.2, 0) is 17.8 Å². The Morgan fingerprint density at radius 3 is 2.83 bits per heavy atom. The summed E-state index contributed by atoms with van der Waals surface area (Å²) in [6, 6.07) is 9.14. The van der Waals surface area contributed by atoms with Crippen molar-refractivity contribution in [2.24, 2.45) is 0 Å². The van der Waals surface area contributed by atoms with Gasteiger partial charge < -0.3 is 10.2 Å². The van der Waals surface area contributed by atoms with Gasteiger partial charge in [-0.2, -0.15) is 0 Å². The Kier molecular flexibility index (Phi) is 3.33. The third kappa shape index (κ3) is 2.72. The minimum atomic E-state index is 0.289. The quantitative estimate of drug-likeness (QED) is 0.874. The number of rotatable bonds is 4. The Morgan fingerprint density at radius 2 is 2.06 bits per heavy atom. The predicted molar refractivity (Wildman–Crippen MR) is 71.2 cm³/mol. The van der Waals surface area contributed by atoms with Gasteiger partial charge in [-0.25, -0.2) is 0 Å². The van der Waals surface area contributed by atoms with Crippen LogP contribution in [0.4, 0.5) is 0 Å². The fourth-order valence-corrected chi connectivity index (χ4v) is 2.54. The van der Waals surface area contributed by atoms with E-state index in [1.54, 1.807) is 0 Å². The molecule has 96 valence electrons. The first-order valence-corrected chi connectivity index (χ1v) is 6.91. The van der Waals surface area contributed by atoms with Gasteiger partial charge in [0.25, 0.3) is 0 Å². The van der Waals surface area contributed by atoms with E-state index in [0.29, 0.717) is 12.5 Å². The molecule has 0 spiro atoms. The van der Waals surface area contributed by atoms with E-state index in [4.69, 9.17) is 0 Å².